The van der Waals surface area contributed by atoms with Gasteiger partial charge in [0.1, 0.15) is 6.04 Å². The number of benzene rings is 1. The van der Waals surface area contributed by atoms with E-state index in [4.69, 9.17) is 0 Å². The van der Waals surface area contributed by atoms with Crippen LogP contribution >= 0.6 is 0 Å². The highest BCUT2D eigenvalue weighted by Gasteiger charge is 2.21. The molecule has 0 aliphatic heterocycles. The van der Waals surface area contributed by atoms with E-state index in [9.17, 15) is 14.4 Å². The molecule has 112 valence electrons. The van der Waals surface area contributed by atoms with Crippen LogP contribution < -0.4 is 5.32 Å². The smallest absolute Gasteiger partial charge is 0.337 e. The van der Waals surface area contributed by atoms with Crippen molar-refractivity contribution in [3.63, 3.8) is 0 Å². The SMILES string of the molecule is C=CC[C@@H](NC(=O)c1cccc(C(=O)OC)c1)C(=O)OC. The first kappa shape index (κ1) is 16.4. The fraction of sp³-hybridized carbons (Fsp3) is 0.267. The molecule has 1 aromatic rings. The summed E-state index contributed by atoms with van der Waals surface area (Å²) >= 11 is 0. The molecule has 6 heteroatoms. The van der Waals surface area contributed by atoms with E-state index < -0.39 is 23.9 Å². The van der Waals surface area contributed by atoms with Crippen LogP contribution in [0.5, 0.6) is 0 Å². The molecule has 0 radical (unpaired) electrons. The van der Waals surface area contributed by atoms with Gasteiger partial charge in [0, 0.05) is 5.56 Å². The van der Waals surface area contributed by atoms with E-state index in [1.54, 1.807) is 6.07 Å². The summed E-state index contributed by atoms with van der Waals surface area (Å²) in [6.45, 7) is 3.53. The molecule has 1 rings (SSSR count). The molecule has 1 N–H and O–H groups in total. The number of hydrogen-bond acceptors (Lipinski definition) is 5. The van der Waals surface area contributed by atoms with Crippen LogP contribution in [0, 0.1) is 0 Å². The zero-order chi connectivity index (χ0) is 15.8. The average Bonchev–Trinajstić information content (AvgIpc) is 2.52. The van der Waals surface area contributed by atoms with Crippen molar-refractivity contribution >= 4 is 17.8 Å². The molecule has 0 saturated carbocycles. The summed E-state index contributed by atoms with van der Waals surface area (Å²) in [5.41, 5.74) is 0.499. The Morgan fingerprint density at radius 3 is 2.48 bits per heavy atom. The molecule has 6 nitrogen and oxygen atoms in total. The van der Waals surface area contributed by atoms with Crippen molar-refractivity contribution in [3.8, 4) is 0 Å². The van der Waals surface area contributed by atoms with Gasteiger partial charge in [0.05, 0.1) is 19.8 Å². The fourth-order valence-corrected chi connectivity index (χ4v) is 1.67. The van der Waals surface area contributed by atoms with Gasteiger partial charge in [-0.3, -0.25) is 4.79 Å². The molecule has 0 aromatic heterocycles. The number of rotatable bonds is 6. The maximum atomic E-state index is 12.1. The Morgan fingerprint density at radius 2 is 1.90 bits per heavy atom. The van der Waals surface area contributed by atoms with Crippen LogP contribution in [0.25, 0.3) is 0 Å². The highest BCUT2D eigenvalue weighted by molar-refractivity contribution is 5.99. The summed E-state index contributed by atoms with van der Waals surface area (Å²) in [7, 11) is 2.49. The summed E-state index contributed by atoms with van der Waals surface area (Å²) in [5.74, 6) is -1.59. The zero-order valence-electron chi connectivity index (χ0n) is 11.9. The molecule has 1 aromatic carbocycles. The summed E-state index contributed by atoms with van der Waals surface area (Å²) < 4.78 is 9.19. The largest absolute Gasteiger partial charge is 0.467 e. The second kappa shape index (κ2) is 7.84. The third-order valence-electron chi connectivity index (χ3n) is 2.74. The second-order valence-corrected chi connectivity index (χ2v) is 4.15. The Bertz CT molecular complexity index is 553. The number of methoxy groups -OCH3 is 2. The fourth-order valence-electron chi connectivity index (χ4n) is 1.67. The molecule has 0 fully saturated rings. The molecular weight excluding hydrogens is 274 g/mol. The van der Waals surface area contributed by atoms with Crippen molar-refractivity contribution < 1.29 is 23.9 Å². The molecule has 0 unspecified atom stereocenters. The molecule has 0 saturated heterocycles. The van der Waals surface area contributed by atoms with E-state index in [1.165, 1.54) is 38.5 Å². The summed E-state index contributed by atoms with van der Waals surface area (Å²) in [5, 5.41) is 2.53. The van der Waals surface area contributed by atoms with Gasteiger partial charge in [0.25, 0.3) is 5.91 Å². The first-order chi connectivity index (χ1) is 10.0. The summed E-state index contributed by atoms with van der Waals surface area (Å²) in [4.78, 5) is 35.1. The van der Waals surface area contributed by atoms with Gasteiger partial charge >= 0.3 is 11.9 Å². The van der Waals surface area contributed by atoms with Crippen LogP contribution in [0.1, 0.15) is 27.1 Å². The Balaban J connectivity index is 2.89. The molecule has 0 bridgehead atoms. The standard InChI is InChI=1S/C15H17NO5/c1-4-6-12(15(19)21-3)16-13(17)10-7-5-8-11(9-10)14(18)20-2/h4-5,7-9,12H,1,6H2,2-3H3,(H,16,17)/t12-/m1/s1. The van der Waals surface area contributed by atoms with Crippen LogP contribution in [0.3, 0.4) is 0 Å². The maximum absolute atomic E-state index is 12.1. The monoisotopic (exact) mass is 291 g/mol. The van der Waals surface area contributed by atoms with Gasteiger partial charge in [-0.25, -0.2) is 9.59 Å². The normalized spacial score (nSPS) is 11.1. The Morgan fingerprint density at radius 1 is 1.24 bits per heavy atom. The topological polar surface area (TPSA) is 81.7 Å². The second-order valence-electron chi connectivity index (χ2n) is 4.15. The van der Waals surface area contributed by atoms with Crippen molar-refractivity contribution in [1.29, 1.82) is 0 Å². The molecule has 0 aliphatic rings. The van der Waals surface area contributed by atoms with Gasteiger partial charge < -0.3 is 14.8 Å². The maximum Gasteiger partial charge on any atom is 0.337 e. The Labute approximate surface area is 122 Å². The number of amides is 1. The van der Waals surface area contributed by atoms with E-state index in [0.29, 0.717) is 0 Å². The van der Waals surface area contributed by atoms with Crippen molar-refractivity contribution in [3.05, 3.63) is 48.0 Å². The average molecular weight is 291 g/mol. The molecule has 1 atom stereocenters. The first-order valence-electron chi connectivity index (χ1n) is 6.21. The lowest BCUT2D eigenvalue weighted by Crippen LogP contribution is -2.41. The van der Waals surface area contributed by atoms with Gasteiger partial charge in [-0.2, -0.15) is 0 Å². The Hall–Kier alpha value is -2.63. The zero-order valence-corrected chi connectivity index (χ0v) is 11.9. The number of hydrogen-bond donors (Lipinski definition) is 1. The van der Waals surface area contributed by atoms with Crippen molar-refractivity contribution in [2.24, 2.45) is 0 Å². The number of nitrogens with one attached hydrogen (secondary N) is 1. The highest BCUT2D eigenvalue weighted by atomic mass is 16.5. The lowest BCUT2D eigenvalue weighted by atomic mass is 10.1. The van der Waals surface area contributed by atoms with Crippen molar-refractivity contribution in [2.75, 3.05) is 14.2 Å². The van der Waals surface area contributed by atoms with Crippen LogP contribution in [0.2, 0.25) is 0 Å². The van der Waals surface area contributed by atoms with E-state index in [0.717, 1.165) is 0 Å². The molecule has 0 heterocycles. The molecular formula is C15H17NO5. The quantitative estimate of drug-likeness (QED) is 0.631. The number of carbonyl (C=O) groups excluding carboxylic acids is 3. The molecule has 21 heavy (non-hydrogen) atoms. The van der Waals surface area contributed by atoms with Gasteiger partial charge in [0.2, 0.25) is 0 Å². The lowest BCUT2D eigenvalue weighted by molar-refractivity contribution is -0.142. The van der Waals surface area contributed by atoms with Crippen LogP contribution in [0.4, 0.5) is 0 Å². The molecule has 0 aliphatic carbocycles. The first-order valence-corrected chi connectivity index (χ1v) is 6.21. The predicted octanol–water partition coefficient (Wildman–Crippen LogP) is 1.32. The van der Waals surface area contributed by atoms with Gasteiger partial charge in [-0.15, -0.1) is 6.58 Å². The van der Waals surface area contributed by atoms with Gasteiger partial charge in [0.15, 0.2) is 0 Å². The predicted molar refractivity (Wildman–Crippen MR) is 75.9 cm³/mol. The number of esters is 2. The summed E-state index contributed by atoms with van der Waals surface area (Å²) in [6.07, 6.45) is 1.75. The minimum atomic E-state index is -0.818. The van der Waals surface area contributed by atoms with Crippen LogP contribution in [-0.2, 0) is 14.3 Å². The van der Waals surface area contributed by atoms with Gasteiger partial charge in [-0.1, -0.05) is 12.1 Å². The molecule has 0 spiro atoms. The van der Waals surface area contributed by atoms with Crippen molar-refractivity contribution in [2.45, 2.75) is 12.5 Å². The number of carbonyl (C=O) groups is 3. The minimum absolute atomic E-state index is 0.245. The highest BCUT2D eigenvalue weighted by Crippen LogP contribution is 2.08. The minimum Gasteiger partial charge on any atom is -0.467 e. The molecule has 1 amide bonds. The van der Waals surface area contributed by atoms with Crippen LogP contribution in [-0.4, -0.2) is 38.1 Å². The van der Waals surface area contributed by atoms with E-state index in [2.05, 4.69) is 21.4 Å². The van der Waals surface area contributed by atoms with Gasteiger partial charge in [-0.05, 0) is 24.6 Å². The lowest BCUT2D eigenvalue weighted by Gasteiger charge is -2.15. The van der Waals surface area contributed by atoms with Crippen molar-refractivity contribution in [1.82, 2.24) is 5.32 Å². The summed E-state index contributed by atoms with van der Waals surface area (Å²) in [6, 6.07) is 5.20. The van der Waals surface area contributed by atoms with E-state index in [1.807, 2.05) is 0 Å². The van der Waals surface area contributed by atoms with E-state index >= 15 is 0 Å². The number of ether oxygens (including phenoxy) is 2. The van der Waals surface area contributed by atoms with Crippen LogP contribution in [0.15, 0.2) is 36.9 Å². The Kier molecular flexibility index (Phi) is 6.13. The third kappa shape index (κ3) is 4.45. The van der Waals surface area contributed by atoms with E-state index in [-0.39, 0.29) is 17.5 Å². The third-order valence-corrected chi connectivity index (χ3v) is 2.74.